The Morgan fingerprint density at radius 3 is 2.12 bits per heavy atom. The Bertz CT molecular complexity index is 525. The van der Waals surface area contributed by atoms with Crippen LogP contribution in [0.25, 0.3) is 0 Å². The van der Waals surface area contributed by atoms with Gasteiger partial charge in [0.1, 0.15) is 6.16 Å². The van der Waals surface area contributed by atoms with E-state index in [1.807, 2.05) is 13.0 Å². The minimum atomic E-state index is -3.35. The first kappa shape index (κ1) is 22.8. The lowest BCUT2D eigenvalue weighted by Crippen LogP contribution is -2.26. The van der Waals surface area contributed by atoms with Gasteiger partial charge in [0, 0.05) is 6.66 Å². The third-order valence-electron chi connectivity index (χ3n) is 3.26. The summed E-state index contributed by atoms with van der Waals surface area (Å²) in [5.41, 5.74) is 6.11. The Labute approximate surface area is 146 Å². The number of amides is 1. The lowest BCUT2D eigenvalue weighted by atomic mass is 10.1. The summed E-state index contributed by atoms with van der Waals surface area (Å²) in [6.07, 6.45) is 10.1. The summed E-state index contributed by atoms with van der Waals surface area (Å²) in [4.78, 5) is 25.3. The SMILES string of the molecule is CC(C)=CCC/C(C)=C/CC/C(C)=C/CONC(=O)CP(C)(=O)O. The summed E-state index contributed by atoms with van der Waals surface area (Å²) < 4.78 is 11.1. The number of carbonyl (C=O) groups is 1. The van der Waals surface area contributed by atoms with E-state index in [1.54, 1.807) is 0 Å². The van der Waals surface area contributed by atoms with Gasteiger partial charge in [-0.25, -0.2) is 5.48 Å². The number of carbonyl (C=O) groups excluding carboxylic acids is 1. The minimum absolute atomic E-state index is 0.250. The average Bonchev–Trinajstić information content (AvgIpc) is 2.41. The molecular weight excluding hydrogens is 325 g/mol. The molecule has 1 amide bonds. The molecule has 24 heavy (non-hydrogen) atoms. The number of allylic oxidation sites excluding steroid dienone is 5. The minimum Gasteiger partial charge on any atom is -0.344 e. The molecule has 5 nitrogen and oxygen atoms in total. The van der Waals surface area contributed by atoms with Crippen molar-refractivity contribution in [3.05, 3.63) is 34.9 Å². The predicted molar refractivity (Wildman–Crippen MR) is 100 cm³/mol. The molecule has 138 valence electrons. The van der Waals surface area contributed by atoms with Crippen LogP contribution in [0.1, 0.15) is 53.4 Å². The summed E-state index contributed by atoms with van der Waals surface area (Å²) in [6, 6.07) is 0. The van der Waals surface area contributed by atoms with Gasteiger partial charge >= 0.3 is 0 Å². The fourth-order valence-electron chi connectivity index (χ4n) is 1.94. The zero-order valence-electron chi connectivity index (χ0n) is 15.6. The van der Waals surface area contributed by atoms with Crippen LogP contribution in [0.4, 0.5) is 0 Å². The van der Waals surface area contributed by atoms with Crippen molar-refractivity contribution in [3.8, 4) is 0 Å². The molecule has 2 N–H and O–H groups in total. The predicted octanol–water partition coefficient (Wildman–Crippen LogP) is 4.35. The van der Waals surface area contributed by atoms with E-state index in [0.29, 0.717) is 0 Å². The number of hydroxylamine groups is 1. The maximum Gasteiger partial charge on any atom is 0.253 e. The number of hydrogen-bond donors (Lipinski definition) is 2. The molecule has 1 atom stereocenters. The molecule has 0 aliphatic carbocycles. The van der Waals surface area contributed by atoms with E-state index in [9.17, 15) is 9.36 Å². The van der Waals surface area contributed by atoms with Crippen LogP contribution in [0, 0.1) is 0 Å². The van der Waals surface area contributed by atoms with Gasteiger partial charge in [-0.1, -0.05) is 34.9 Å². The van der Waals surface area contributed by atoms with Crippen LogP contribution in [-0.4, -0.2) is 30.2 Å². The molecule has 0 heterocycles. The van der Waals surface area contributed by atoms with Crippen LogP contribution in [0.15, 0.2) is 34.9 Å². The summed E-state index contributed by atoms with van der Waals surface area (Å²) in [5.74, 6) is -0.579. The molecule has 0 aliphatic rings. The first-order valence-corrected chi connectivity index (χ1v) is 10.5. The molecular formula is C18H32NO4P. The van der Waals surface area contributed by atoms with Gasteiger partial charge < -0.3 is 4.89 Å². The maximum absolute atomic E-state index is 11.3. The first-order valence-electron chi connectivity index (χ1n) is 8.24. The van der Waals surface area contributed by atoms with E-state index in [0.717, 1.165) is 32.3 Å². The molecule has 0 saturated heterocycles. The van der Waals surface area contributed by atoms with Crippen molar-refractivity contribution in [1.29, 1.82) is 0 Å². The van der Waals surface area contributed by atoms with Gasteiger partial charge in [-0.3, -0.25) is 14.2 Å². The molecule has 0 aromatic heterocycles. The van der Waals surface area contributed by atoms with Crippen LogP contribution in [0.3, 0.4) is 0 Å². The molecule has 0 spiro atoms. The fourth-order valence-corrected chi connectivity index (χ4v) is 2.54. The zero-order chi connectivity index (χ0) is 18.6. The van der Waals surface area contributed by atoms with Crippen molar-refractivity contribution < 1.29 is 19.1 Å². The highest BCUT2D eigenvalue weighted by molar-refractivity contribution is 7.58. The van der Waals surface area contributed by atoms with E-state index >= 15 is 0 Å². The smallest absolute Gasteiger partial charge is 0.253 e. The largest absolute Gasteiger partial charge is 0.344 e. The van der Waals surface area contributed by atoms with E-state index in [4.69, 9.17) is 9.73 Å². The number of rotatable bonds is 11. The summed E-state index contributed by atoms with van der Waals surface area (Å²) in [6.45, 7) is 9.80. The second-order valence-electron chi connectivity index (χ2n) is 6.51. The van der Waals surface area contributed by atoms with E-state index in [-0.39, 0.29) is 6.61 Å². The number of hydrogen-bond acceptors (Lipinski definition) is 3. The zero-order valence-corrected chi connectivity index (χ0v) is 16.5. The standard InChI is InChI=1S/C18H32NO4P/c1-15(2)8-6-9-16(3)10-7-11-17(4)12-13-23-19-18(20)14-24(5,21)22/h8,10,12H,6-7,9,11,13-14H2,1-5H3,(H,19,20)(H,21,22)/b16-10+,17-12+. The summed E-state index contributed by atoms with van der Waals surface area (Å²) in [7, 11) is -3.35. The summed E-state index contributed by atoms with van der Waals surface area (Å²) in [5, 5.41) is 0. The van der Waals surface area contributed by atoms with Gasteiger partial charge in [-0.05, 0) is 53.4 Å². The lowest BCUT2D eigenvalue weighted by Gasteiger charge is -2.06. The normalized spacial score (nSPS) is 14.9. The van der Waals surface area contributed by atoms with E-state index in [1.165, 1.54) is 16.7 Å². The average molecular weight is 357 g/mol. The Balaban J connectivity index is 3.93. The van der Waals surface area contributed by atoms with Gasteiger partial charge in [0.25, 0.3) is 5.91 Å². The van der Waals surface area contributed by atoms with Gasteiger partial charge in [0.2, 0.25) is 7.37 Å². The van der Waals surface area contributed by atoms with Gasteiger partial charge in [-0.15, -0.1) is 0 Å². The molecule has 0 aliphatic heterocycles. The summed E-state index contributed by atoms with van der Waals surface area (Å²) >= 11 is 0. The lowest BCUT2D eigenvalue weighted by molar-refractivity contribution is -0.130. The Kier molecular flexibility index (Phi) is 11.6. The van der Waals surface area contributed by atoms with Crippen molar-refractivity contribution >= 4 is 13.3 Å². The monoisotopic (exact) mass is 357 g/mol. The topological polar surface area (TPSA) is 75.6 Å². The van der Waals surface area contributed by atoms with Gasteiger partial charge in [0.05, 0.1) is 6.61 Å². The molecule has 0 aromatic rings. The maximum atomic E-state index is 11.3. The highest BCUT2D eigenvalue weighted by Gasteiger charge is 2.15. The second-order valence-corrected chi connectivity index (χ2v) is 8.92. The molecule has 0 bridgehead atoms. The van der Waals surface area contributed by atoms with Crippen molar-refractivity contribution in [2.75, 3.05) is 19.4 Å². The van der Waals surface area contributed by atoms with Crippen LogP contribution < -0.4 is 5.48 Å². The Morgan fingerprint density at radius 1 is 1.04 bits per heavy atom. The second kappa shape index (κ2) is 12.2. The van der Waals surface area contributed by atoms with Crippen molar-refractivity contribution in [2.45, 2.75) is 53.4 Å². The van der Waals surface area contributed by atoms with Gasteiger partial charge in [-0.2, -0.15) is 0 Å². The highest BCUT2D eigenvalue weighted by Crippen LogP contribution is 2.33. The third kappa shape index (κ3) is 15.7. The van der Waals surface area contributed by atoms with Crippen LogP contribution >= 0.6 is 7.37 Å². The molecule has 6 heteroatoms. The molecule has 0 rings (SSSR count). The fraction of sp³-hybridized carbons (Fsp3) is 0.611. The molecule has 0 radical (unpaired) electrons. The quantitative estimate of drug-likeness (QED) is 0.249. The third-order valence-corrected chi connectivity index (χ3v) is 4.13. The van der Waals surface area contributed by atoms with E-state index < -0.39 is 19.4 Å². The first-order chi connectivity index (χ1) is 11.1. The molecule has 0 fully saturated rings. The Hall–Kier alpha value is -1.16. The molecule has 1 unspecified atom stereocenters. The molecule has 0 aromatic carbocycles. The molecule has 0 saturated carbocycles. The highest BCUT2D eigenvalue weighted by atomic mass is 31.2. The van der Waals surface area contributed by atoms with Crippen molar-refractivity contribution in [1.82, 2.24) is 5.48 Å². The van der Waals surface area contributed by atoms with Crippen LogP contribution in [0.5, 0.6) is 0 Å². The van der Waals surface area contributed by atoms with Crippen molar-refractivity contribution in [2.24, 2.45) is 0 Å². The van der Waals surface area contributed by atoms with Crippen LogP contribution in [-0.2, 0) is 14.2 Å². The van der Waals surface area contributed by atoms with Gasteiger partial charge in [0.15, 0.2) is 0 Å². The number of nitrogens with one attached hydrogen (secondary N) is 1. The van der Waals surface area contributed by atoms with Crippen molar-refractivity contribution in [3.63, 3.8) is 0 Å². The Morgan fingerprint density at radius 2 is 1.58 bits per heavy atom. The van der Waals surface area contributed by atoms with E-state index in [2.05, 4.69) is 38.4 Å². The van der Waals surface area contributed by atoms with Crippen LogP contribution in [0.2, 0.25) is 0 Å².